The predicted molar refractivity (Wildman–Crippen MR) is 59.3 cm³/mol. The minimum absolute atomic E-state index is 0.103. The molecule has 0 fully saturated rings. The molecule has 0 amide bonds. The third kappa shape index (κ3) is 4.94. The third-order valence-corrected chi connectivity index (χ3v) is 2.79. The molecule has 0 aromatic rings. The summed E-state index contributed by atoms with van der Waals surface area (Å²) in [5.41, 5.74) is 0.103. The molecular formula is C11H25NO2. The highest BCUT2D eigenvalue weighted by atomic mass is 16.3. The number of nitrogens with zero attached hydrogens (tertiary/aromatic N) is 1. The molecule has 0 saturated carbocycles. The smallest absolute Gasteiger partial charge is 0.0639 e. The Morgan fingerprint density at radius 2 is 1.93 bits per heavy atom. The molecule has 0 radical (unpaired) electrons. The molecule has 0 aliphatic carbocycles. The van der Waals surface area contributed by atoms with Crippen LogP contribution >= 0.6 is 0 Å². The van der Waals surface area contributed by atoms with Crippen molar-refractivity contribution in [3.8, 4) is 0 Å². The SMILES string of the molecule is CCC(C)(C)N(CCCO)CC(C)O. The standard InChI is InChI=1S/C11H25NO2/c1-5-11(3,4)12(7-6-8-13)9-10(2)14/h10,13-14H,5-9H2,1-4H3. The average Bonchev–Trinajstić information content (AvgIpc) is 2.11. The predicted octanol–water partition coefficient (Wildman–Crippen LogP) is 1.24. The maximum absolute atomic E-state index is 9.38. The summed E-state index contributed by atoms with van der Waals surface area (Å²) in [6.07, 6.45) is 1.51. The highest BCUT2D eigenvalue weighted by Crippen LogP contribution is 2.18. The molecule has 0 spiro atoms. The first-order valence-corrected chi connectivity index (χ1v) is 5.48. The summed E-state index contributed by atoms with van der Waals surface area (Å²) in [7, 11) is 0. The molecule has 0 rings (SSSR count). The van der Waals surface area contributed by atoms with E-state index in [-0.39, 0.29) is 18.2 Å². The van der Waals surface area contributed by atoms with Gasteiger partial charge in [0, 0.05) is 25.2 Å². The summed E-state index contributed by atoms with van der Waals surface area (Å²) in [4.78, 5) is 2.24. The van der Waals surface area contributed by atoms with Crippen molar-refractivity contribution in [2.75, 3.05) is 19.7 Å². The quantitative estimate of drug-likeness (QED) is 0.654. The van der Waals surface area contributed by atoms with Crippen LogP contribution in [0.2, 0.25) is 0 Å². The van der Waals surface area contributed by atoms with Crippen molar-refractivity contribution in [2.45, 2.75) is 52.2 Å². The normalized spacial score (nSPS) is 14.8. The first-order valence-electron chi connectivity index (χ1n) is 5.48. The molecule has 1 atom stereocenters. The molecule has 3 nitrogen and oxygen atoms in total. The van der Waals surface area contributed by atoms with Gasteiger partial charge in [0.2, 0.25) is 0 Å². The summed E-state index contributed by atoms with van der Waals surface area (Å²) >= 11 is 0. The Morgan fingerprint density at radius 1 is 1.36 bits per heavy atom. The average molecular weight is 203 g/mol. The summed E-state index contributed by atoms with van der Waals surface area (Å²) in [5.74, 6) is 0. The van der Waals surface area contributed by atoms with Gasteiger partial charge in [0.1, 0.15) is 0 Å². The van der Waals surface area contributed by atoms with Crippen molar-refractivity contribution in [2.24, 2.45) is 0 Å². The molecule has 3 heteroatoms. The Morgan fingerprint density at radius 3 is 2.29 bits per heavy atom. The van der Waals surface area contributed by atoms with Gasteiger partial charge in [-0.05, 0) is 33.6 Å². The second-order valence-electron chi connectivity index (χ2n) is 4.54. The molecule has 0 aliphatic heterocycles. The second kappa shape index (κ2) is 6.38. The highest BCUT2D eigenvalue weighted by molar-refractivity contribution is 4.80. The van der Waals surface area contributed by atoms with Crippen molar-refractivity contribution in [3.63, 3.8) is 0 Å². The van der Waals surface area contributed by atoms with Crippen LogP contribution in [0, 0.1) is 0 Å². The molecule has 0 bridgehead atoms. The lowest BCUT2D eigenvalue weighted by Crippen LogP contribution is -2.47. The van der Waals surface area contributed by atoms with Gasteiger partial charge in [-0.25, -0.2) is 0 Å². The maximum Gasteiger partial charge on any atom is 0.0639 e. The van der Waals surface area contributed by atoms with Crippen molar-refractivity contribution < 1.29 is 10.2 Å². The summed E-state index contributed by atoms with van der Waals surface area (Å²) in [6, 6.07) is 0. The van der Waals surface area contributed by atoms with Gasteiger partial charge >= 0.3 is 0 Å². The first kappa shape index (κ1) is 13.9. The number of β-amino-alcohol motifs (C(OH)–C–C–N with tert-alkyl or cyclic N) is 1. The maximum atomic E-state index is 9.38. The van der Waals surface area contributed by atoms with E-state index in [1.54, 1.807) is 6.92 Å². The van der Waals surface area contributed by atoms with Crippen LogP contribution in [0.3, 0.4) is 0 Å². The largest absolute Gasteiger partial charge is 0.396 e. The zero-order valence-corrected chi connectivity index (χ0v) is 9.95. The van der Waals surface area contributed by atoms with Crippen LogP contribution < -0.4 is 0 Å². The van der Waals surface area contributed by atoms with Gasteiger partial charge in [-0.3, -0.25) is 4.90 Å². The van der Waals surface area contributed by atoms with E-state index in [2.05, 4.69) is 25.7 Å². The van der Waals surface area contributed by atoms with Crippen LogP contribution in [0.25, 0.3) is 0 Å². The Labute approximate surface area is 87.7 Å². The lowest BCUT2D eigenvalue weighted by atomic mass is 9.98. The van der Waals surface area contributed by atoms with Gasteiger partial charge < -0.3 is 10.2 Å². The molecule has 0 saturated heterocycles. The zero-order valence-electron chi connectivity index (χ0n) is 9.95. The van der Waals surface area contributed by atoms with Gasteiger partial charge in [-0.2, -0.15) is 0 Å². The Bertz CT molecular complexity index is 146. The van der Waals surface area contributed by atoms with E-state index in [1.165, 1.54) is 0 Å². The second-order valence-corrected chi connectivity index (χ2v) is 4.54. The Kier molecular flexibility index (Phi) is 6.33. The van der Waals surface area contributed by atoms with Gasteiger partial charge in [-0.1, -0.05) is 6.92 Å². The van der Waals surface area contributed by atoms with E-state index in [0.29, 0.717) is 6.54 Å². The molecular weight excluding hydrogens is 178 g/mol. The summed E-state index contributed by atoms with van der Waals surface area (Å²) in [6.45, 7) is 10.0. The number of aliphatic hydroxyl groups excluding tert-OH is 2. The van der Waals surface area contributed by atoms with Gasteiger partial charge in [0.25, 0.3) is 0 Å². The molecule has 0 aliphatic rings. The van der Waals surface area contributed by atoms with Crippen LogP contribution in [0.15, 0.2) is 0 Å². The monoisotopic (exact) mass is 203 g/mol. The van der Waals surface area contributed by atoms with E-state index in [4.69, 9.17) is 5.11 Å². The van der Waals surface area contributed by atoms with Gasteiger partial charge in [-0.15, -0.1) is 0 Å². The van der Waals surface area contributed by atoms with E-state index < -0.39 is 0 Å². The lowest BCUT2D eigenvalue weighted by molar-refractivity contribution is 0.0508. The van der Waals surface area contributed by atoms with E-state index in [1.807, 2.05) is 0 Å². The van der Waals surface area contributed by atoms with Crippen LogP contribution in [0.4, 0.5) is 0 Å². The number of hydrogen-bond donors (Lipinski definition) is 2. The number of rotatable bonds is 7. The first-order chi connectivity index (χ1) is 6.44. The van der Waals surface area contributed by atoms with Gasteiger partial charge in [0.05, 0.1) is 6.10 Å². The minimum atomic E-state index is -0.306. The minimum Gasteiger partial charge on any atom is -0.396 e. The summed E-state index contributed by atoms with van der Waals surface area (Å²) < 4.78 is 0. The van der Waals surface area contributed by atoms with Crippen LogP contribution in [-0.2, 0) is 0 Å². The number of aliphatic hydroxyl groups is 2. The topological polar surface area (TPSA) is 43.7 Å². The van der Waals surface area contributed by atoms with E-state index in [9.17, 15) is 5.11 Å². The van der Waals surface area contributed by atoms with Gasteiger partial charge in [0.15, 0.2) is 0 Å². The molecule has 86 valence electrons. The van der Waals surface area contributed by atoms with Crippen molar-refractivity contribution in [1.29, 1.82) is 0 Å². The molecule has 2 N–H and O–H groups in total. The molecule has 0 heterocycles. The van der Waals surface area contributed by atoms with Crippen LogP contribution in [0.5, 0.6) is 0 Å². The van der Waals surface area contributed by atoms with Crippen molar-refractivity contribution >= 4 is 0 Å². The molecule has 0 aromatic heterocycles. The fourth-order valence-corrected chi connectivity index (χ4v) is 1.45. The van der Waals surface area contributed by atoms with Crippen molar-refractivity contribution in [3.05, 3.63) is 0 Å². The van der Waals surface area contributed by atoms with E-state index in [0.717, 1.165) is 19.4 Å². The third-order valence-electron chi connectivity index (χ3n) is 2.79. The molecule has 14 heavy (non-hydrogen) atoms. The van der Waals surface area contributed by atoms with Crippen LogP contribution in [0.1, 0.15) is 40.5 Å². The van der Waals surface area contributed by atoms with Crippen LogP contribution in [-0.4, -0.2) is 46.5 Å². The highest BCUT2D eigenvalue weighted by Gasteiger charge is 2.24. The fourth-order valence-electron chi connectivity index (χ4n) is 1.45. The zero-order chi connectivity index (χ0) is 11.2. The van der Waals surface area contributed by atoms with E-state index >= 15 is 0 Å². The Hall–Kier alpha value is -0.120. The lowest BCUT2D eigenvalue weighted by Gasteiger charge is -2.38. The molecule has 1 unspecified atom stereocenters. The molecule has 0 aromatic carbocycles. The Balaban J connectivity index is 4.22. The number of hydrogen-bond acceptors (Lipinski definition) is 3. The fraction of sp³-hybridized carbons (Fsp3) is 1.00. The summed E-state index contributed by atoms with van der Waals surface area (Å²) in [5, 5.41) is 18.2. The van der Waals surface area contributed by atoms with Crippen molar-refractivity contribution in [1.82, 2.24) is 4.90 Å².